The Kier molecular flexibility index (Phi) is 4.80. The van der Waals surface area contributed by atoms with Crippen LogP contribution in [0.1, 0.15) is 23.6 Å². The molecule has 2 aromatic heterocycles. The summed E-state index contributed by atoms with van der Waals surface area (Å²) >= 11 is 6.34. The summed E-state index contributed by atoms with van der Waals surface area (Å²) in [4.78, 5) is 17.5. The number of fused-ring (bicyclic) bond motifs is 1. The molecular weight excluding hydrogens is 368 g/mol. The van der Waals surface area contributed by atoms with Crippen molar-refractivity contribution in [2.45, 2.75) is 32.5 Å². The first-order valence-electron chi connectivity index (χ1n) is 8.83. The van der Waals surface area contributed by atoms with Crippen LogP contribution in [0.3, 0.4) is 0 Å². The molecular formula is C19H21ClN4O3. The van der Waals surface area contributed by atoms with Crippen molar-refractivity contribution in [3.05, 3.63) is 46.4 Å². The van der Waals surface area contributed by atoms with Crippen molar-refractivity contribution in [2.75, 3.05) is 13.6 Å². The second kappa shape index (κ2) is 7.25. The molecule has 1 fully saturated rings. The van der Waals surface area contributed by atoms with Crippen LogP contribution in [-0.2, 0) is 17.9 Å². The number of carbonyl (C=O) groups excluding carboxylic acids is 1. The molecule has 1 amide bonds. The van der Waals surface area contributed by atoms with E-state index in [1.54, 1.807) is 0 Å². The predicted octanol–water partition coefficient (Wildman–Crippen LogP) is 3.02. The molecule has 4 rings (SSSR count). The Morgan fingerprint density at radius 3 is 2.96 bits per heavy atom. The van der Waals surface area contributed by atoms with Gasteiger partial charge in [-0.3, -0.25) is 9.69 Å². The zero-order chi connectivity index (χ0) is 19.0. The maximum absolute atomic E-state index is 12.1. The van der Waals surface area contributed by atoms with Crippen LogP contribution in [0.2, 0.25) is 5.02 Å². The Balaban J connectivity index is 1.43. The maximum Gasteiger partial charge on any atom is 0.237 e. The Labute approximate surface area is 161 Å². The molecule has 1 atom stereocenters. The largest absolute Gasteiger partial charge is 0.484 e. The minimum absolute atomic E-state index is 0.0106. The Morgan fingerprint density at radius 1 is 1.44 bits per heavy atom. The first-order chi connectivity index (χ1) is 13.0. The van der Waals surface area contributed by atoms with Gasteiger partial charge in [-0.2, -0.15) is 0 Å². The van der Waals surface area contributed by atoms with Crippen molar-refractivity contribution in [1.29, 1.82) is 0 Å². The first kappa shape index (κ1) is 17.9. The smallest absolute Gasteiger partial charge is 0.237 e. The lowest BCUT2D eigenvalue weighted by Gasteiger charge is -2.36. The van der Waals surface area contributed by atoms with Crippen LogP contribution < -0.4 is 10.1 Å². The third kappa shape index (κ3) is 3.79. The fourth-order valence-corrected chi connectivity index (χ4v) is 3.41. The van der Waals surface area contributed by atoms with E-state index in [-0.39, 0.29) is 18.6 Å². The molecule has 7 nitrogen and oxygen atoms in total. The van der Waals surface area contributed by atoms with E-state index < -0.39 is 0 Å². The van der Waals surface area contributed by atoms with Gasteiger partial charge in [-0.15, -0.1) is 0 Å². The summed E-state index contributed by atoms with van der Waals surface area (Å²) in [6.07, 6.45) is 0.913. The molecule has 0 spiro atoms. The molecule has 3 aromatic rings. The third-order valence-corrected chi connectivity index (χ3v) is 5.11. The molecule has 27 heavy (non-hydrogen) atoms. The summed E-state index contributed by atoms with van der Waals surface area (Å²) in [6.45, 7) is 3.53. The Hall–Kier alpha value is -2.51. The first-order valence-corrected chi connectivity index (χ1v) is 9.21. The lowest BCUT2D eigenvalue weighted by Crippen LogP contribution is -2.53. The highest BCUT2D eigenvalue weighted by atomic mass is 35.5. The highest BCUT2D eigenvalue weighted by molar-refractivity contribution is 6.32. The molecule has 142 valence electrons. The highest BCUT2D eigenvalue weighted by Crippen LogP contribution is 2.31. The number of likely N-dealkylation sites (N-methyl/N-ethyl adjacent to an activating group) is 1. The van der Waals surface area contributed by atoms with Gasteiger partial charge in [-0.05, 0) is 32.5 Å². The van der Waals surface area contributed by atoms with Crippen LogP contribution in [-0.4, -0.2) is 40.6 Å². The molecule has 2 N–H and O–H groups in total. The zero-order valence-electron chi connectivity index (χ0n) is 15.2. The number of hydrogen-bond donors (Lipinski definition) is 2. The van der Waals surface area contributed by atoms with E-state index in [9.17, 15) is 4.79 Å². The topological polar surface area (TPSA) is 83.4 Å². The minimum atomic E-state index is -0.0106. The number of nitrogens with zero attached hydrogens (tertiary/aromatic N) is 2. The van der Waals surface area contributed by atoms with Gasteiger partial charge in [-0.25, -0.2) is 0 Å². The molecule has 0 saturated carbocycles. The number of carbonyl (C=O) groups is 1. The van der Waals surface area contributed by atoms with Crippen LogP contribution in [0.25, 0.3) is 10.9 Å². The third-order valence-electron chi connectivity index (χ3n) is 4.82. The van der Waals surface area contributed by atoms with E-state index in [0.717, 1.165) is 35.3 Å². The Morgan fingerprint density at radius 2 is 2.30 bits per heavy atom. The quantitative estimate of drug-likeness (QED) is 0.678. The lowest BCUT2D eigenvalue weighted by molar-refractivity contribution is -0.129. The molecule has 1 aliphatic rings. The molecule has 0 unspecified atom stereocenters. The summed E-state index contributed by atoms with van der Waals surface area (Å²) in [7, 11) is 1.96. The lowest BCUT2D eigenvalue weighted by atomic mass is 10.0. The van der Waals surface area contributed by atoms with Crippen molar-refractivity contribution in [3.8, 4) is 5.75 Å². The van der Waals surface area contributed by atoms with E-state index >= 15 is 0 Å². The van der Waals surface area contributed by atoms with Gasteiger partial charge in [0.05, 0.1) is 23.3 Å². The number of rotatable bonds is 6. The van der Waals surface area contributed by atoms with Gasteiger partial charge in [-0.1, -0.05) is 16.8 Å². The average Bonchev–Trinajstić information content (AvgIpc) is 3.21. The number of likely N-dealkylation sites (tertiary alicyclic amines) is 1. The fourth-order valence-electron chi connectivity index (χ4n) is 3.18. The normalized spacial score (nSPS) is 17.1. The van der Waals surface area contributed by atoms with Gasteiger partial charge in [0.2, 0.25) is 5.91 Å². The second-order valence-corrected chi connectivity index (χ2v) is 7.30. The molecule has 0 radical (unpaired) electrons. The minimum Gasteiger partial charge on any atom is -0.484 e. The molecule has 3 heterocycles. The van der Waals surface area contributed by atoms with Gasteiger partial charge < -0.3 is 19.6 Å². The summed E-state index contributed by atoms with van der Waals surface area (Å²) in [5, 5.41) is 8.29. The van der Waals surface area contributed by atoms with Crippen molar-refractivity contribution in [1.82, 2.24) is 20.4 Å². The maximum atomic E-state index is 12.1. The summed E-state index contributed by atoms with van der Waals surface area (Å²) in [5.74, 6) is 1.26. The second-order valence-electron chi connectivity index (χ2n) is 6.89. The number of aromatic nitrogens is 2. The highest BCUT2D eigenvalue weighted by Gasteiger charge is 2.30. The Bertz CT molecular complexity index is 981. The standard InChI is InChI=1S/C19H21ClN4O3/c1-11-5-14(27-23-11)10-26-18-8-16-12(7-15(18)20)6-13(22-16)9-21-19(25)17-3-4-24(17)2/h5-8,17,22H,3-4,9-10H2,1-2H3,(H,21,25)/t17-/m1/s1. The zero-order valence-corrected chi connectivity index (χ0v) is 16.0. The van der Waals surface area contributed by atoms with Crippen molar-refractivity contribution in [2.24, 2.45) is 0 Å². The molecule has 1 aromatic carbocycles. The van der Waals surface area contributed by atoms with Crippen molar-refractivity contribution >= 4 is 28.4 Å². The number of benzene rings is 1. The van der Waals surface area contributed by atoms with Gasteiger partial charge in [0.1, 0.15) is 12.4 Å². The predicted molar refractivity (Wildman–Crippen MR) is 102 cm³/mol. The summed E-state index contributed by atoms with van der Waals surface area (Å²) in [5.41, 5.74) is 2.62. The van der Waals surface area contributed by atoms with Crippen LogP contribution in [0, 0.1) is 6.92 Å². The van der Waals surface area contributed by atoms with Crippen molar-refractivity contribution in [3.63, 3.8) is 0 Å². The molecule has 0 aliphatic carbocycles. The number of aryl methyl sites for hydroxylation is 1. The number of H-pyrrole nitrogens is 1. The molecule has 1 saturated heterocycles. The van der Waals surface area contributed by atoms with E-state index in [2.05, 4.69) is 15.5 Å². The SMILES string of the molecule is Cc1cc(COc2cc3[nH]c(CNC(=O)[C@H]4CCN4C)cc3cc2Cl)on1. The van der Waals surface area contributed by atoms with Gasteiger partial charge in [0.25, 0.3) is 0 Å². The summed E-state index contributed by atoms with van der Waals surface area (Å²) < 4.78 is 10.9. The van der Waals surface area contributed by atoms with Gasteiger partial charge in [0, 0.05) is 35.3 Å². The van der Waals surface area contributed by atoms with Gasteiger partial charge >= 0.3 is 0 Å². The average molecular weight is 389 g/mol. The molecule has 0 bridgehead atoms. The molecule has 1 aliphatic heterocycles. The number of hydrogen-bond acceptors (Lipinski definition) is 5. The summed E-state index contributed by atoms with van der Waals surface area (Å²) in [6, 6.07) is 7.49. The number of ether oxygens (including phenoxy) is 1. The monoisotopic (exact) mass is 388 g/mol. The number of halogens is 1. The molecule has 8 heteroatoms. The number of nitrogens with one attached hydrogen (secondary N) is 2. The van der Waals surface area contributed by atoms with Crippen LogP contribution >= 0.6 is 11.6 Å². The van der Waals surface area contributed by atoms with E-state index in [1.165, 1.54) is 0 Å². The van der Waals surface area contributed by atoms with Crippen molar-refractivity contribution < 1.29 is 14.1 Å². The van der Waals surface area contributed by atoms with Crippen LogP contribution in [0.5, 0.6) is 5.75 Å². The van der Waals surface area contributed by atoms with Crippen LogP contribution in [0.4, 0.5) is 0 Å². The van der Waals surface area contributed by atoms with Crippen LogP contribution in [0.15, 0.2) is 28.8 Å². The van der Waals surface area contributed by atoms with E-state index in [1.807, 2.05) is 43.1 Å². The van der Waals surface area contributed by atoms with Gasteiger partial charge in [0.15, 0.2) is 5.76 Å². The van der Waals surface area contributed by atoms with E-state index in [4.69, 9.17) is 20.9 Å². The van der Waals surface area contributed by atoms with E-state index in [0.29, 0.717) is 23.1 Å². The number of aromatic amines is 1. The number of amides is 1. The fraction of sp³-hybridized carbons (Fsp3) is 0.368.